The Kier molecular flexibility index (Phi) is 6.36. The second-order valence-corrected chi connectivity index (χ2v) is 6.54. The van der Waals surface area contributed by atoms with Crippen LogP contribution < -0.4 is 10.6 Å². The molecular formula is C17H28N6S. The first-order valence-corrected chi connectivity index (χ1v) is 8.91. The maximum Gasteiger partial charge on any atom is 0.166 e. The van der Waals surface area contributed by atoms with Crippen LogP contribution in [0.4, 0.5) is 0 Å². The van der Waals surface area contributed by atoms with Gasteiger partial charge in [-0.2, -0.15) is 10.2 Å². The van der Waals surface area contributed by atoms with E-state index in [1.165, 1.54) is 17.0 Å². The number of nitrogens with zero attached hydrogens (tertiary/aromatic N) is 4. The molecule has 2 aromatic rings. The molecule has 0 saturated carbocycles. The molecule has 24 heavy (non-hydrogen) atoms. The summed E-state index contributed by atoms with van der Waals surface area (Å²) in [7, 11) is 0. The third-order valence-electron chi connectivity index (χ3n) is 4.19. The van der Waals surface area contributed by atoms with E-state index in [9.17, 15) is 0 Å². The average molecular weight is 349 g/mol. The van der Waals surface area contributed by atoms with Crippen molar-refractivity contribution in [1.29, 1.82) is 0 Å². The van der Waals surface area contributed by atoms with Crippen molar-refractivity contribution in [2.75, 3.05) is 6.54 Å². The number of nitrogens with one attached hydrogen (secondary N) is 2. The first-order valence-electron chi connectivity index (χ1n) is 8.50. The molecule has 0 amide bonds. The van der Waals surface area contributed by atoms with Gasteiger partial charge in [-0.1, -0.05) is 0 Å². The molecule has 0 radical (unpaired) electrons. The summed E-state index contributed by atoms with van der Waals surface area (Å²) in [5.74, 6) is 0. The lowest BCUT2D eigenvalue weighted by molar-refractivity contribution is 0.554. The van der Waals surface area contributed by atoms with Gasteiger partial charge in [-0.25, -0.2) is 0 Å². The highest BCUT2D eigenvalue weighted by atomic mass is 32.1. The molecule has 0 spiro atoms. The SMILES string of the molecule is CCn1ncc(C(C)NC(=S)NCCCn2nc(C)cc2C)c1C. The highest BCUT2D eigenvalue weighted by Gasteiger charge is 2.13. The lowest BCUT2D eigenvalue weighted by Gasteiger charge is -2.17. The van der Waals surface area contributed by atoms with Crippen LogP contribution in [0.15, 0.2) is 12.3 Å². The molecule has 0 saturated heterocycles. The zero-order valence-corrected chi connectivity index (χ0v) is 16.1. The first kappa shape index (κ1) is 18.4. The van der Waals surface area contributed by atoms with Crippen molar-refractivity contribution < 1.29 is 0 Å². The van der Waals surface area contributed by atoms with Gasteiger partial charge in [0.1, 0.15) is 0 Å². The molecule has 2 N–H and O–H groups in total. The normalized spacial score (nSPS) is 12.2. The Morgan fingerprint density at radius 2 is 2.04 bits per heavy atom. The lowest BCUT2D eigenvalue weighted by Crippen LogP contribution is -2.37. The standard InChI is InChI=1S/C17H28N6S/c1-6-22-15(5)16(11-19-22)14(4)20-17(24)18-8-7-9-23-13(3)10-12(2)21-23/h10-11,14H,6-9H2,1-5H3,(H2,18,20,24). The van der Waals surface area contributed by atoms with E-state index in [2.05, 4.69) is 54.6 Å². The second kappa shape index (κ2) is 8.28. The van der Waals surface area contributed by atoms with E-state index in [1.807, 2.05) is 22.5 Å². The Labute approximate surface area is 149 Å². The zero-order chi connectivity index (χ0) is 17.7. The minimum absolute atomic E-state index is 0.140. The molecule has 7 heteroatoms. The Balaban J connectivity index is 1.74. The fourth-order valence-electron chi connectivity index (χ4n) is 2.86. The van der Waals surface area contributed by atoms with Crippen molar-refractivity contribution in [1.82, 2.24) is 30.2 Å². The Morgan fingerprint density at radius 1 is 1.29 bits per heavy atom. The molecule has 132 valence electrons. The molecule has 2 rings (SSSR count). The second-order valence-electron chi connectivity index (χ2n) is 6.13. The molecule has 0 aliphatic carbocycles. The third kappa shape index (κ3) is 4.56. The molecule has 0 fully saturated rings. The lowest BCUT2D eigenvalue weighted by atomic mass is 10.1. The van der Waals surface area contributed by atoms with Gasteiger partial charge in [0.2, 0.25) is 0 Å². The van der Waals surface area contributed by atoms with E-state index in [4.69, 9.17) is 12.2 Å². The molecule has 0 aliphatic rings. The van der Waals surface area contributed by atoms with Crippen LogP contribution in [0.25, 0.3) is 0 Å². The monoisotopic (exact) mass is 348 g/mol. The van der Waals surface area contributed by atoms with Crippen molar-refractivity contribution in [2.45, 2.75) is 60.2 Å². The van der Waals surface area contributed by atoms with Crippen molar-refractivity contribution in [2.24, 2.45) is 0 Å². The molecule has 0 aromatic carbocycles. The molecule has 2 aromatic heterocycles. The van der Waals surface area contributed by atoms with Crippen LogP contribution in [0.1, 0.15) is 49.0 Å². The van der Waals surface area contributed by atoms with Crippen LogP contribution in [0.3, 0.4) is 0 Å². The topological polar surface area (TPSA) is 59.7 Å². The number of hydrogen-bond donors (Lipinski definition) is 2. The van der Waals surface area contributed by atoms with Gasteiger partial charge in [0.25, 0.3) is 0 Å². The van der Waals surface area contributed by atoms with Crippen molar-refractivity contribution >= 4 is 17.3 Å². The van der Waals surface area contributed by atoms with E-state index < -0.39 is 0 Å². The molecule has 0 aliphatic heterocycles. The summed E-state index contributed by atoms with van der Waals surface area (Å²) in [4.78, 5) is 0. The fourth-order valence-corrected chi connectivity index (χ4v) is 3.14. The summed E-state index contributed by atoms with van der Waals surface area (Å²) in [6, 6.07) is 2.24. The molecule has 1 unspecified atom stereocenters. The van der Waals surface area contributed by atoms with Crippen LogP contribution in [0.2, 0.25) is 0 Å². The average Bonchev–Trinajstić information content (AvgIpc) is 3.05. The zero-order valence-electron chi connectivity index (χ0n) is 15.3. The largest absolute Gasteiger partial charge is 0.363 e. The van der Waals surface area contributed by atoms with Gasteiger partial charge in [0.05, 0.1) is 17.9 Å². The Bertz CT molecular complexity index is 687. The highest BCUT2D eigenvalue weighted by molar-refractivity contribution is 7.80. The van der Waals surface area contributed by atoms with E-state index >= 15 is 0 Å². The summed E-state index contributed by atoms with van der Waals surface area (Å²) < 4.78 is 4.04. The summed E-state index contributed by atoms with van der Waals surface area (Å²) >= 11 is 5.40. The number of aromatic nitrogens is 4. The predicted octanol–water partition coefficient (Wildman–Crippen LogP) is 2.64. The smallest absolute Gasteiger partial charge is 0.166 e. The van der Waals surface area contributed by atoms with Crippen LogP contribution in [0, 0.1) is 20.8 Å². The van der Waals surface area contributed by atoms with Gasteiger partial charge in [-0.15, -0.1) is 0 Å². The minimum atomic E-state index is 0.140. The van der Waals surface area contributed by atoms with Gasteiger partial charge in [0.15, 0.2) is 5.11 Å². The van der Waals surface area contributed by atoms with Crippen LogP contribution in [-0.4, -0.2) is 31.2 Å². The summed E-state index contributed by atoms with van der Waals surface area (Å²) in [6.45, 7) is 13.0. The summed E-state index contributed by atoms with van der Waals surface area (Å²) in [5, 5.41) is 16.1. The molecule has 6 nitrogen and oxygen atoms in total. The predicted molar refractivity (Wildman–Crippen MR) is 101 cm³/mol. The van der Waals surface area contributed by atoms with Gasteiger partial charge in [-0.05, 0) is 59.3 Å². The van der Waals surface area contributed by atoms with Crippen molar-refractivity contribution in [3.8, 4) is 0 Å². The van der Waals surface area contributed by atoms with Gasteiger partial charge in [-0.3, -0.25) is 9.36 Å². The number of thiocarbonyl (C=S) groups is 1. The summed E-state index contributed by atoms with van der Waals surface area (Å²) in [5.41, 5.74) is 4.63. The third-order valence-corrected chi connectivity index (χ3v) is 4.45. The fraction of sp³-hybridized carbons (Fsp3) is 0.588. The van der Waals surface area contributed by atoms with Crippen molar-refractivity contribution in [3.63, 3.8) is 0 Å². The number of hydrogen-bond acceptors (Lipinski definition) is 3. The maximum absolute atomic E-state index is 5.40. The summed E-state index contributed by atoms with van der Waals surface area (Å²) in [6.07, 6.45) is 2.90. The van der Waals surface area contributed by atoms with E-state index in [-0.39, 0.29) is 6.04 Å². The van der Waals surface area contributed by atoms with E-state index in [0.29, 0.717) is 5.11 Å². The number of rotatable bonds is 7. The van der Waals surface area contributed by atoms with Gasteiger partial charge >= 0.3 is 0 Å². The van der Waals surface area contributed by atoms with Crippen molar-refractivity contribution in [3.05, 3.63) is 34.9 Å². The molecular weight excluding hydrogens is 320 g/mol. The van der Waals surface area contributed by atoms with Gasteiger partial charge < -0.3 is 10.6 Å². The molecule has 0 bridgehead atoms. The van der Waals surface area contributed by atoms with Crippen LogP contribution in [0.5, 0.6) is 0 Å². The molecule has 1 atom stereocenters. The minimum Gasteiger partial charge on any atom is -0.363 e. The Hall–Kier alpha value is -1.89. The van der Waals surface area contributed by atoms with Gasteiger partial charge in [0, 0.05) is 36.6 Å². The quantitative estimate of drug-likeness (QED) is 0.595. The van der Waals surface area contributed by atoms with Crippen LogP contribution >= 0.6 is 12.2 Å². The molecule has 2 heterocycles. The number of aryl methyl sites for hydroxylation is 4. The first-order chi connectivity index (χ1) is 11.4. The van der Waals surface area contributed by atoms with Crippen LogP contribution in [-0.2, 0) is 13.1 Å². The highest BCUT2D eigenvalue weighted by Crippen LogP contribution is 2.16. The van der Waals surface area contributed by atoms with E-state index in [1.54, 1.807) is 0 Å². The maximum atomic E-state index is 5.40. The Morgan fingerprint density at radius 3 is 2.62 bits per heavy atom. The van der Waals surface area contributed by atoms with E-state index in [0.717, 1.165) is 31.7 Å².